The molecule has 92 valence electrons. The Labute approximate surface area is 95.8 Å². The number of nitrogens with one attached hydrogen (secondary N) is 1. The molecule has 0 aromatic heterocycles. The third kappa shape index (κ3) is 4.52. The molecule has 0 amide bonds. The van der Waals surface area contributed by atoms with E-state index in [-0.39, 0.29) is 0 Å². The molecule has 0 aliphatic carbocycles. The molecule has 0 fully saturated rings. The number of methoxy groups -OCH3 is 1. The highest BCUT2D eigenvalue weighted by Crippen LogP contribution is 2.34. The predicted octanol–water partition coefficient (Wildman–Crippen LogP) is 3.07. The first-order valence-electron chi connectivity index (χ1n) is 6.36. The van der Waals surface area contributed by atoms with Gasteiger partial charge in [0.15, 0.2) is 0 Å². The van der Waals surface area contributed by atoms with Crippen LogP contribution in [0.15, 0.2) is 0 Å². The topological polar surface area (TPSA) is 21.3 Å². The molecule has 15 heavy (non-hydrogen) atoms. The Morgan fingerprint density at radius 1 is 1.20 bits per heavy atom. The molecular weight excluding hydrogens is 186 g/mol. The van der Waals surface area contributed by atoms with E-state index >= 15 is 0 Å². The quantitative estimate of drug-likeness (QED) is 0.597. The molecule has 0 rings (SSSR count). The van der Waals surface area contributed by atoms with Gasteiger partial charge in [-0.05, 0) is 37.1 Å². The summed E-state index contributed by atoms with van der Waals surface area (Å²) in [7, 11) is 1.80. The van der Waals surface area contributed by atoms with Crippen LogP contribution in [0, 0.1) is 11.3 Å². The highest BCUT2D eigenvalue weighted by molar-refractivity contribution is 4.84. The third-order valence-corrected chi connectivity index (χ3v) is 3.77. The van der Waals surface area contributed by atoms with Crippen LogP contribution in [0.3, 0.4) is 0 Å². The fourth-order valence-electron chi connectivity index (χ4n) is 2.31. The molecule has 0 aliphatic heterocycles. The molecule has 0 heterocycles. The minimum absolute atomic E-state index is 0.408. The summed E-state index contributed by atoms with van der Waals surface area (Å²) >= 11 is 0. The Morgan fingerprint density at radius 3 is 2.20 bits per heavy atom. The van der Waals surface area contributed by atoms with Crippen LogP contribution in [0.4, 0.5) is 0 Å². The van der Waals surface area contributed by atoms with Crippen molar-refractivity contribution >= 4 is 0 Å². The fourth-order valence-corrected chi connectivity index (χ4v) is 2.31. The Hall–Kier alpha value is -0.0800. The van der Waals surface area contributed by atoms with Crippen LogP contribution in [-0.2, 0) is 4.74 Å². The van der Waals surface area contributed by atoms with Crippen molar-refractivity contribution in [2.75, 3.05) is 26.8 Å². The maximum atomic E-state index is 5.29. The van der Waals surface area contributed by atoms with Crippen LogP contribution >= 0.6 is 0 Å². The minimum Gasteiger partial charge on any atom is -0.384 e. The predicted molar refractivity (Wildman–Crippen MR) is 67.2 cm³/mol. The van der Waals surface area contributed by atoms with Crippen molar-refractivity contribution in [2.45, 2.75) is 47.0 Å². The van der Waals surface area contributed by atoms with E-state index in [1.54, 1.807) is 7.11 Å². The molecule has 1 unspecified atom stereocenters. The van der Waals surface area contributed by atoms with Crippen molar-refractivity contribution in [1.82, 2.24) is 5.32 Å². The van der Waals surface area contributed by atoms with Crippen LogP contribution in [0.5, 0.6) is 0 Å². The minimum atomic E-state index is 0.408. The van der Waals surface area contributed by atoms with E-state index in [2.05, 4.69) is 33.0 Å². The molecule has 2 nitrogen and oxygen atoms in total. The van der Waals surface area contributed by atoms with Gasteiger partial charge in [-0.1, -0.05) is 27.7 Å². The van der Waals surface area contributed by atoms with Gasteiger partial charge in [-0.2, -0.15) is 0 Å². The maximum absolute atomic E-state index is 5.29. The highest BCUT2D eigenvalue weighted by atomic mass is 16.5. The first kappa shape index (κ1) is 14.9. The van der Waals surface area contributed by atoms with Crippen molar-refractivity contribution < 1.29 is 4.74 Å². The molecule has 2 heteroatoms. The van der Waals surface area contributed by atoms with E-state index in [0.29, 0.717) is 11.3 Å². The molecule has 0 aliphatic rings. The van der Waals surface area contributed by atoms with Gasteiger partial charge in [0.25, 0.3) is 0 Å². The van der Waals surface area contributed by atoms with Gasteiger partial charge in [-0.15, -0.1) is 0 Å². The van der Waals surface area contributed by atoms with Crippen molar-refractivity contribution in [2.24, 2.45) is 11.3 Å². The second-order valence-electron chi connectivity index (χ2n) is 4.60. The van der Waals surface area contributed by atoms with E-state index in [4.69, 9.17) is 4.74 Å². The summed E-state index contributed by atoms with van der Waals surface area (Å²) in [5.41, 5.74) is 0.408. The number of hydrogen-bond acceptors (Lipinski definition) is 2. The average Bonchev–Trinajstić information content (AvgIpc) is 2.25. The molecule has 0 aromatic rings. The molecule has 0 spiro atoms. The number of rotatable bonds is 9. The lowest BCUT2D eigenvalue weighted by molar-refractivity contribution is 0.0621. The zero-order chi connectivity index (χ0) is 11.7. The zero-order valence-corrected chi connectivity index (χ0v) is 11.2. The number of hydrogen-bond donors (Lipinski definition) is 1. The summed E-state index contributed by atoms with van der Waals surface area (Å²) in [5.74, 6) is 0.627. The van der Waals surface area contributed by atoms with Gasteiger partial charge >= 0.3 is 0 Å². The fraction of sp³-hybridized carbons (Fsp3) is 1.00. The molecular formula is C13H29NO. The van der Waals surface area contributed by atoms with Gasteiger partial charge < -0.3 is 10.1 Å². The summed E-state index contributed by atoms with van der Waals surface area (Å²) in [6, 6.07) is 0. The zero-order valence-electron chi connectivity index (χ0n) is 11.2. The Bertz CT molecular complexity index is 143. The van der Waals surface area contributed by atoms with E-state index in [1.807, 2.05) is 0 Å². The van der Waals surface area contributed by atoms with Crippen LogP contribution in [0.2, 0.25) is 0 Å². The Balaban J connectivity index is 4.28. The molecule has 0 aromatic carbocycles. The van der Waals surface area contributed by atoms with Crippen molar-refractivity contribution in [3.05, 3.63) is 0 Å². The maximum Gasteiger partial charge on any atom is 0.0493 e. The van der Waals surface area contributed by atoms with E-state index in [1.165, 1.54) is 19.3 Å². The first-order valence-corrected chi connectivity index (χ1v) is 6.36. The lowest BCUT2D eigenvalue weighted by Gasteiger charge is -2.38. The van der Waals surface area contributed by atoms with E-state index in [0.717, 1.165) is 19.7 Å². The van der Waals surface area contributed by atoms with Gasteiger partial charge in [-0.3, -0.25) is 0 Å². The molecule has 1 N–H and O–H groups in total. The summed E-state index contributed by atoms with van der Waals surface area (Å²) < 4.78 is 5.29. The van der Waals surface area contributed by atoms with Gasteiger partial charge in [0.2, 0.25) is 0 Å². The van der Waals surface area contributed by atoms with Gasteiger partial charge in [-0.25, -0.2) is 0 Å². The largest absolute Gasteiger partial charge is 0.384 e. The third-order valence-electron chi connectivity index (χ3n) is 3.77. The molecule has 0 saturated carbocycles. The number of ether oxygens (including phenoxy) is 1. The highest BCUT2D eigenvalue weighted by Gasteiger charge is 2.32. The Morgan fingerprint density at radius 2 is 1.80 bits per heavy atom. The lowest BCUT2D eigenvalue weighted by Crippen LogP contribution is -2.40. The van der Waals surface area contributed by atoms with Crippen molar-refractivity contribution in [1.29, 1.82) is 0 Å². The second-order valence-corrected chi connectivity index (χ2v) is 4.60. The van der Waals surface area contributed by atoms with Crippen LogP contribution in [0.25, 0.3) is 0 Å². The van der Waals surface area contributed by atoms with Crippen LogP contribution in [-0.4, -0.2) is 26.8 Å². The molecule has 1 atom stereocenters. The molecule has 0 bridgehead atoms. The van der Waals surface area contributed by atoms with Crippen LogP contribution < -0.4 is 5.32 Å². The smallest absolute Gasteiger partial charge is 0.0493 e. The standard InChI is InChI=1S/C13H29NO/c1-6-9-14-11-13(7-2,8-3)12(4)10-15-5/h12,14H,6-11H2,1-5H3. The first-order chi connectivity index (χ1) is 7.16. The van der Waals surface area contributed by atoms with Gasteiger partial charge in [0, 0.05) is 20.3 Å². The average molecular weight is 215 g/mol. The monoisotopic (exact) mass is 215 g/mol. The summed E-state index contributed by atoms with van der Waals surface area (Å²) in [5, 5.41) is 3.56. The molecule has 0 radical (unpaired) electrons. The summed E-state index contributed by atoms with van der Waals surface area (Å²) in [6.07, 6.45) is 3.66. The van der Waals surface area contributed by atoms with Gasteiger partial charge in [0.1, 0.15) is 0 Å². The normalized spacial score (nSPS) is 14.2. The lowest BCUT2D eigenvalue weighted by atomic mass is 9.72. The van der Waals surface area contributed by atoms with Crippen LogP contribution in [0.1, 0.15) is 47.0 Å². The SMILES string of the molecule is CCCNCC(CC)(CC)C(C)COC. The van der Waals surface area contributed by atoms with Gasteiger partial charge in [0.05, 0.1) is 0 Å². The second kappa shape index (κ2) is 8.12. The summed E-state index contributed by atoms with van der Waals surface area (Å²) in [4.78, 5) is 0. The van der Waals surface area contributed by atoms with Crippen molar-refractivity contribution in [3.8, 4) is 0 Å². The van der Waals surface area contributed by atoms with Crippen molar-refractivity contribution in [3.63, 3.8) is 0 Å². The summed E-state index contributed by atoms with van der Waals surface area (Å²) in [6.45, 7) is 12.2. The Kier molecular flexibility index (Phi) is 8.07. The van der Waals surface area contributed by atoms with E-state index in [9.17, 15) is 0 Å². The van der Waals surface area contributed by atoms with E-state index < -0.39 is 0 Å². The molecule has 0 saturated heterocycles.